The largest absolute Gasteiger partial charge is 0.508 e. The van der Waals surface area contributed by atoms with Gasteiger partial charge in [0, 0.05) is 11.3 Å². The second-order valence-corrected chi connectivity index (χ2v) is 9.07. The van der Waals surface area contributed by atoms with E-state index in [-0.39, 0.29) is 17.4 Å². The molecule has 0 radical (unpaired) electrons. The lowest BCUT2D eigenvalue weighted by Gasteiger charge is -2.48. The zero-order chi connectivity index (χ0) is 25.2. The van der Waals surface area contributed by atoms with Crippen LogP contribution in [-0.2, 0) is 4.79 Å². The van der Waals surface area contributed by atoms with Crippen molar-refractivity contribution in [3.8, 4) is 22.6 Å². The van der Waals surface area contributed by atoms with Gasteiger partial charge < -0.3 is 20.2 Å². The Balaban J connectivity index is 1.46. The van der Waals surface area contributed by atoms with Crippen LogP contribution in [-0.4, -0.2) is 21.2 Å². The maximum Gasteiger partial charge on any atom is 0.233 e. The summed E-state index contributed by atoms with van der Waals surface area (Å²) in [5.41, 5.74) is 3.20. The van der Waals surface area contributed by atoms with Crippen LogP contribution in [0.4, 0.5) is 10.1 Å². The summed E-state index contributed by atoms with van der Waals surface area (Å²) in [7, 11) is 0. The number of carbonyl (C=O) groups is 1. The minimum Gasteiger partial charge on any atom is -0.508 e. The lowest BCUT2D eigenvalue weighted by Crippen LogP contribution is -2.55. The molecule has 1 amide bonds. The molecule has 0 spiro atoms. The Morgan fingerprint density at radius 3 is 2.31 bits per heavy atom. The van der Waals surface area contributed by atoms with Gasteiger partial charge in [0.05, 0.1) is 18.1 Å². The SMILES string of the molecule is O=C1[C@H](CC[C@H](O)c2ccccc2)[C@@H](c2ccc(-c3cccc(O)c3)cc2O)N1c1cccc(F)c1. The third-order valence-corrected chi connectivity index (χ3v) is 6.76. The van der Waals surface area contributed by atoms with Crippen LogP contribution >= 0.6 is 0 Å². The van der Waals surface area contributed by atoms with E-state index >= 15 is 0 Å². The average Bonchev–Trinajstić information content (AvgIpc) is 2.88. The number of amides is 1. The molecule has 1 aliphatic heterocycles. The number of phenols is 2. The maximum atomic E-state index is 14.0. The second-order valence-electron chi connectivity index (χ2n) is 9.07. The number of β-lactam (4-membered cyclic amide) rings is 1. The van der Waals surface area contributed by atoms with Crippen molar-refractivity contribution in [1.29, 1.82) is 0 Å². The van der Waals surface area contributed by atoms with Crippen molar-refractivity contribution < 1.29 is 24.5 Å². The van der Waals surface area contributed by atoms with Gasteiger partial charge in [0.15, 0.2) is 0 Å². The molecule has 6 heteroatoms. The van der Waals surface area contributed by atoms with Gasteiger partial charge in [-0.1, -0.05) is 60.7 Å². The van der Waals surface area contributed by atoms with Crippen LogP contribution in [0.1, 0.15) is 36.1 Å². The minimum atomic E-state index is -0.718. The number of phenolic OH excluding ortho intramolecular Hbond substituents is 2. The first kappa shape index (κ1) is 23.6. The fourth-order valence-electron chi connectivity index (χ4n) is 4.94. The van der Waals surface area contributed by atoms with E-state index in [4.69, 9.17) is 0 Å². The molecule has 5 nitrogen and oxygen atoms in total. The van der Waals surface area contributed by atoms with Gasteiger partial charge in [0.2, 0.25) is 5.91 Å². The highest BCUT2D eigenvalue weighted by Gasteiger charge is 2.49. The van der Waals surface area contributed by atoms with Gasteiger partial charge in [-0.2, -0.15) is 0 Å². The van der Waals surface area contributed by atoms with Crippen molar-refractivity contribution in [3.63, 3.8) is 0 Å². The number of carbonyl (C=O) groups excluding carboxylic acids is 1. The molecule has 0 aliphatic carbocycles. The van der Waals surface area contributed by atoms with Crippen LogP contribution in [0.5, 0.6) is 11.5 Å². The predicted octanol–water partition coefficient (Wildman–Crippen LogP) is 6.12. The molecule has 1 aliphatic rings. The Labute approximate surface area is 208 Å². The number of aliphatic hydroxyl groups excluding tert-OH is 1. The van der Waals surface area contributed by atoms with Crippen LogP contribution in [0.2, 0.25) is 0 Å². The van der Waals surface area contributed by atoms with Crippen LogP contribution in [0.15, 0.2) is 97.1 Å². The summed E-state index contributed by atoms with van der Waals surface area (Å²) in [6.07, 6.45) is 0.0550. The fraction of sp³-hybridized carbons (Fsp3) is 0.167. The van der Waals surface area contributed by atoms with Crippen molar-refractivity contribution in [2.45, 2.75) is 25.0 Å². The molecule has 0 bridgehead atoms. The summed E-state index contributed by atoms with van der Waals surface area (Å²) in [6.45, 7) is 0. The molecule has 1 heterocycles. The Bertz CT molecular complexity index is 1390. The summed E-state index contributed by atoms with van der Waals surface area (Å²) in [5.74, 6) is -0.991. The third-order valence-electron chi connectivity index (χ3n) is 6.76. The number of rotatable bonds is 7. The fourth-order valence-corrected chi connectivity index (χ4v) is 4.94. The van der Waals surface area contributed by atoms with Crippen LogP contribution < -0.4 is 4.90 Å². The number of aliphatic hydroxyl groups is 1. The van der Waals surface area contributed by atoms with Gasteiger partial charge in [-0.05, 0) is 65.9 Å². The normalized spacial score (nSPS) is 18.1. The molecular formula is C30H26FNO4. The van der Waals surface area contributed by atoms with E-state index in [9.17, 15) is 24.5 Å². The Morgan fingerprint density at radius 1 is 0.833 bits per heavy atom. The van der Waals surface area contributed by atoms with Crippen LogP contribution in [0, 0.1) is 11.7 Å². The molecule has 182 valence electrons. The molecule has 0 saturated carbocycles. The Morgan fingerprint density at radius 2 is 1.58 bits per heavy atom. The van der Waals surface area contributed by atoms with E-state index in [0.29, 0.717) is 29.7 Å². The highest BCUT2D eigenvalue weighted by molar-refractivity contribution is 6.03. The van der Waals surface area contributed by atoms with Crippen molar-refractivity contribution >= 4 is 11.6 Å². The standard InChI is InChI=1S/C30H26FNO4/c31-22-9-5-10-23(18-22)32-29(26(30(32)36)14-15-27(34)19-6-2-1-3-7-19)25-13-12-21(17-28(25)35)20-8-4-11-24(33)16-20/h1-13,16-18,26-27,29,33-35H,14-15H2/t26-,27+,29-/m1/s1. The van der Waals surface area contributed by atoms with Gasteiger partial charge in [-0.25, -0.2) is 4.39 Å². The first-order valence-electron chi connectivity index (χ1n) is 11.9. The highest BCUT2D eigenvalue weighted by Crippen LogP contribution is 2.49. The van der Waals surface area contributed by atoms with E-state index < -0.39 is 23.9 Å². The molecule has 36 heavy (non-hydrogen) atoms. The Kier molecular flexibility index (Phi) is 6.44. The Hall–Kier alpha value is -4.16. The van der Waals surface area contributed by atoms with E-state index in [2.05, 4.69) is 0 Å². The predicted molar refractivity (Wildman–Crippen MR) is 136 cm³/mol. The van der Waals surface area contributed by atoms with Gasteiger partial charge in [-0.3, -0.25) is 4.79 Å². The van der Waals surface area contributed by atoms with Gasteiger partial charge >= 0.3 is 0 Å². The number of hydrogen-bond acceptors (Lipinski definition) is 4. The smallest absolute Gasteiger partial charge is 0.233 e. The average molecular weight is 484 g/mol. The van der Waals surface area contributed by atoms with E-state index in [1.807, 2.05) is 42.5 Å². The monoisotopic (exact) mass is 483 g/mol. The van der Waals surface area contributed by atoms with Crippen molar-refractivity contribution in [2.24, 2.45) is 5.92 Å². The number of hydrogen-bond donors (Lipinski definition) is 3. The number of aromatic hydroxyl groups is 2. The second kappa shape index (κ2) is 9.84. The summed E-state index contributed by atoms with van der Waals surface area (Å²) in [6, 6.07) is 26.5. The molecule has 0 unspecified atom stereocenters. The van der Waals surface area contributed by atoms with Crippen molar-refractivity contribution in [2.75, 3.05) is 4.90 Å². The number of nitrogens with zero attached hydrogens (tertiary/aromatic N) is 1. The molecule has 4 aromatic rings. The van der Waals surface area contributed by atoms with Crippen LogP contribution in [0.25, 0.3) is 11.1 Å². The molecule has 3 atom stereocenters. The van der Waals surface area contributed by atoms with E-state index in [1.54, 1.807) is 42.5 Å². The van der Waals surface area contributed by atoms with E-state index in [0.717, 1.165) is 11.1 Å². The third kappa shape index (κ3) is 4.55. The maximum absolute atomic E-state index is 14.0. The van der Waals surface area contributed by atoms with Gasteiger partial charge in [0.25, 0.3) is 0 Å². The summed E-state index contributed by atoms with van der Waals surface area (Å²) < 4.78 is 14.0. The quantitative estimate of drug-likeness (QED) is 0.277. The molecular weight excluding hydrogens is 457 g/mol. The minimum absolute atomic E-state index is 0.00311. The number of halogens is 1. The summed E-state index contributed by atoms with van der Waals surface area (Å²) in [5, 5.41) is 31.5. The summed E-state index contributed by atoms with van der Waals surface area (Å²) >= 11 is 0. The molecule has 1 fully saturated rings. The first-order chi connectivity index (χ1) is 17.4. The summed E-state index contributed by atoms with van der Waals surface area (Å²) in [4.78, 5) is 14.8. The number of anilines is 1. The molecule has 1 saturated heterocycles. The number of benzene rings is 4. The van der Waals surface area contributed by atoms with Gasteiger partial charge in [-0.15, -0.1) is 0 Å². The molecule has 5 rings (SSSR count). The van der Waals surface area contributed by atoms with Crippen molar-refractivity contribution in [1.82, 2.24) is 0 Å². The topological polar surface area (TPSA) is 81.0 Å². The van der Waals surface area contributed by atoms with Crippen LogP contribution in [0.3, 0.4) is 0 Å². The zero-order valence-electron chi connectivity index (χ0n) is 19.5. The lowest BCUT2D eigenvalue weighted by atomic mass is 9.77. The van der Waals surface area contributed by atoms with Crippen molar-refractivity contribution in [3.05, 3.63) is 114 Å². The van der Waals surface area contributed by atoms with Gasteiger partial charge in [0.1, 0.15) is 17.3 Å². The lowest BCUT2D eigenvalue weighted by molar-refractivity contribution is -0.131. The van der Waals surface area contributed by atoms with E-state index in [1.165, 1.54) is 17.0 Å². The molecule has 0 aromatic heterocycles. The zero-order valence-corrected chi connectivity index (χ0v) is 19.5. The molecule has 3 N–H and O–H groups in total. The first-order valence-corrected chi connectivity index (χ1v) is 11.9. The molecule has 4 aromatic carbocycles. The highest BCUT2D eigenvalue weighted by atomic mass is 19.1.